The Kier molecular flexibility index (Phi) is 7.03. The number of rotatable bonds is 6. The minimum atomic E-state index is -0.505. The highest BCUT2D eigenvalue weighted by Crippen LogP contribution is 2.28. The second kappa shape index (κ2) is 10.1. The Bertz CT molecular complexity index is 1370. The number of nitrogens with zero attached hydrogens (tertiary/aromatic N) is 4. The van der Waals surface area contributed by atoms with Gasteiger partial charge in [0.25, 0.3) is 5.56 Å². The topological polar surface area (TPSA) is 69.4 Å². The first-order valence-electron chi connectivity index (χ1n) is 9.53. The summed E-state index contributed by atoms with van der Waals surface area (Å²) in [6, 6.07) is 13.4. The lowest BCUT2D eigenvalue weighted by Crippen LogP contribution is -2.20. The third-order valence-corrected chi connectivity index (χ3v) is 5.44. The van der Waals surface area contributed by atoms with Crippen LogP contribution in [0.1, 0.15) is 17.0 Å². The van der Waals surface area contributed by atoms with Gasteiger partial charge in [0.2, 0.25) is 0 Å². The predicted octanol–water partition coefficient (Wildman–Crippen LogP) is 5.70. The number of benzene rings is 2. The molecule has 2 aromatic heterocycles. The van der Waals surface area contributed by atoms with Crippen molar-refractivity contribution in [3.63, 3.8) is 0 Å². The molecule has 0 aliphatic heterocycles. The van der Waals surface area contributed by atoms with Crippen molar-refractivity contribution in [1.29, 1.82) is 0 Å². The minimum absolute atomic E-state index is 0.0147. The minimum Gasteiger partial charge on any atom is -0.387 e. The summed E-state index contributed by atoms with van der Waals surface area (Å²) in [5.74, 6) is -0.0897. The molecule has 4 aromatic rings. The molecule has 0 fully saturated rings. The summed E-state index contributed by atoms with van der Waals surface area (Å²) in [6.07, 6.45) is 4.67. The number of hydrogen-bond acceptors (Lipinski definition) is 5. The SMILES string of the molecule is O=c1ccc(/C(=N/OCc2ncccn2)c2ccc(F)cc2Cl)cn1-c1c(Cl)cccc1Cl. The van der Waals surface area contributed by atoms with Crippen LogP contribution >= 0.6 is 34.8 Å². The second-order valence-corrected chi connectivity index (χ2v) is 7.92. The van der Waals surface area contributed by atoms with Gasteiger partial charge in [0.05, 0.1) is 20.8 Å². The molecule has 0 bridgehead atoms. The number of aromatic nitrogens is 3. The molecular formula is C23H14Cl3FN4O2. The van der Waals surface area contributed by atoms with Crippen LogP contribution in [0.5, 0.6) is 0 Å². The van der Waals surface area contributed by atoms with Crippen LogP contribution in [0.25, 0.3) is 5.69 Å². The van der Waals surface area contributed by atoms with E-state index in [0.29, 0.717) is 22.6 Å². The highest BCUT2D eigenvalue weighted by atomic mass is 35.5. The third kappa shape index (κ3) is 5.22. The average Bonchev–Trinajstić information content (AvgIpc) is 2.79. The summed E-state index contributed by atoms with van der Waals surface area (Å²) in [5, 5.41) is 4.90. The van der Waals surface area contributed by atoms with Crippen LogP contribution in [0.4, 0.5) is 4.39 Å². The summed E-state index contributed by atoms with van der Waals surface area (Å²) >= 11 is 18.9. The molecule has 0 aliphatic rings. The van der Waals surface area contributed by atoms with Crippen molar-refractivity contribution in [3.05, 3.63) is 121 Å². The Morgan fingerprint density at radius 2 is 1.70 bits per heavy atom. The van der Waals surface area contributed by atoms with Gasteiger partial charge in [0.15, 0.2) is 12.4 Å². The predicted molar refractivity (Wildman–Crippen MR) is 126 cm³/mol. The fourth-order valence-electron chi connectivity index (χ4n) is 3.02. The molecule has 0 saturated heterocycles. The molecule has 0 spiro atoms. The Balaban J connectivity index is 1.82. The van der Waals surface area contributed by atoms with Crippen molar-refractivity contribution in [2.45, 2.75) is 6.61 Å². The molecule has 0 unspecified atom stereocenters. The highest BCUT2D eigenvalue weighted by Gasteiger charge is 2.17. The average molecular weight is 504 g/mol. The van der Waals surface area contributed by atoms with E-state index in [2.05, 4.69) is 15.1 Å². The number of para-hydroxylation sites is 1. The van der Waals surface area contributed by atoms with Crippen LogP contribution in [-0.4, -0.2) is 20.2 Å². The number of hydrogen-bond donors (Lipinski definition) is 0. The molecule has 0 atom stereocenters. The van der Waals surface area contributed by atoms with Crippen LogP contribution in [-0.2, 0) is 11.4 Å². The van der Waals surface area contributed by atoms with E-state index in [4.69, 9.17) is 39.6 Å². The normalized spacial score (nSPS) is 11.5. The zero-order chi connectivity index (χ0) is 23.4. The molecule has 0 aliphatic carbocycles. The van der Waals surface area contributed by atoms with Crippen LogP contribution in [0.15, 0.2) is 83.1 Å². The summed E-state index contributed by atoms with van der Waals surface area (Å²) in [5.41, 5.74) is 1.05. The van der Waals surface area contributed by atoms with Gasteiger partial charge in [0, 0.05) is 35.8 Å². The van der Waals surface area contributed by atoms with Crippen molar-refractivity contribution in [2.24, 2.45) is 5.16 Å². The first-order valence-corrected chi connectivity index (χ1v) is 10.7. The molecule has 0 amide bonds. The molecule has 2 aromatic carbocycles. The first-order chi connectivity index (χ1) is 15.9. The van der Waals surface area contributed by atoms with Crippen molar-refractivity contribution in [2.75, 3.05) is 0 Å². The Morgan fingerprint density at radius 3 is 2.39 bits per heavy atom. The molecule has 10 heteroatoms. The van der Waals surface area contributed by atoms with Crippen molar-refractivity contribution < 1.29 is 9.23 Å². The van der Waals surface area contributed by atoms with Gasteiger partial charge < -0.3 is 4.84 Å². The summed E-state index contributed by atoms with van der Waals surface area (Å²) < 4.78 is 15.0. The lowest BCUT2D eigenvalue weighted by Gasteiger charge is -2.14. The molecule has 0 radical (unpaired) electrons. The maximum absolute atomic E-state index is 13.7. The third-order valence-electron chi connectivity index (χ3n) is 4.52. The number of oxime groups is 1. The van der Waals surface area contributed by atoms with Gasteiger partial charge in [-0.15, -0.1) is 0 Å². The van der Waals surface area contributed by atoms with Gasteiger partial charge in [-0.1, -0.05) is 46.0 Å². The van der Waals surface area contributed by atoms with Gasteiger partial charge in [-0.2, -0.15) is 0 Å². The molecular weight excluding hydrogens is 490 g/mol. The maximum atomic E-state index is 13.7. The van der Waals surface area contributed by atoms with E-state index in [1.807, 2.05) is 0 Å². The maximum Gasteiger partial charge on any atom is 0.255 e. The largest absolute Gasteiger partial charge is 0.387 e. The second-order valence-electron chi connectivity index (χ2n) is 6.70. The molecule has 0 saturated carbocycles. The van der Waals surface area contributed by atoms with Gasteiger partial charge in [-0.25, -0.2) is 14.4 Å². The smallest absolute Gasteiger partial charge is 0.255 e. The van der Waals surface area contributed by atoms with Crippen LogP contribution in [0, 0.1) is 5.82 Å². The fraction of sp³-hybridized carbons (Fsp3) is 0.0435. The van der Waals surface area contributed by atoms with Gasteiger partial charge in [-0.3, -0.25) is 9.36 Å². The van der Waals surface area contributed by atoms with E-state index >= 15 is 0 Å². The lowest BCUT2D eigenvalue weighted by molar-refractivity contribution is 0.125. The van der Waals surface area contributed by atoms with E-state index in [9.17, 15) is 9.18 Å². The lowest BCUT2D eigenvalue weighted by atomic mass is 10.0. The summed E-state index contributed by atoms with van der Waals surface area (Å²) in [7, 11) is 0. The highest BCUT2D eigenvalue weighted by molar-refractivity contribution is 6.38. The van der Waals surface area contributed by atoms with E-state index in [1.54, 1.807) is 42.7 Å². The Hall–Kier alpha value is -3.26. The Morgan fingerprint density at radius 1 is 0.970 bits per heavy atom. The molecule has 2 heterocycles. The molecule has 0 N–H and O–H groups in total. The van der Waals surface area contributed by atoms with Gasteiger partial charge in [0.1, 0.15) is 11.5 Å². The van der Waals surface area contributed by atoms with Crippen LogP contribution in [0.2, 0.25) is 15.1 Å². The fourth-order valence-corrected chi connectivity index (χ4v) is 3.86. The molecule has 6 nitrogen and oxygen atoms in total. The van der Waals surface area contributed by atoms with Crippen LogP contribution in [0.3, 0.4) is 0 Å². The zero-order valence-electron chi connectivity index (χ0n) is 16.8. The van der Waals surface area contributed by atoms with Gasteiger partial charge >= 0.3 is 0 Å². The van der Waals surface area contributed by atoms with Gasteiger partial charge in [-0.05, 0) is 42.5 Å². The zero-order valence-corrected chi connectivity index (χ0v) is 19.0. The quantitative estimate of drug-likeness (QED) is 0.250. The van der Waals surface area contributed by atoms with Crippen molar-refractivity contribution in [1.82, 2.24) is 14.5 Å². The van der Waals surface area contributed by atoms with Crippen LogP contribution < -0.4 is 5.56 Å². The summed E-state index contributed by atoms with van der Waals surface area (Å²) in [4.78, 5) is 26.3. The molecule has 4 rings (SSSR count). The molecule has 166 valence electrons. The molecule has 33 heavy (non-hydrogen) atoms. The van der Waals surface area contributed by atoms with E-state index < -0.39 is 5.82 Å². The Labute approximate surface area is 202 Å². The van der Waals surface area contributed by atoms with E-state index in [-0.39, 0.29) is 32.9 Å². The van der Waals surface area contributed by atoms with E-state index in [0.717, 1.165) is 6.07 Å². The first kappa shape index (κ1) is 22.9. The number of pyridine rings is 1. The van der Waals surface area contributed by atoms with Crippen molar-refractivity contribution in [3.8, 4) is 5.69 Å². The van der Waals surface area contributed by atoms with E-state index in [1.165, 1.54) is 29.0 Å². The monoisotopic (exact) mass is 502 g/mol. The van der Waals surface area contributed by atoms with Crippen molar-refractivity contribution >= 4 is 40.5 Å². The standard InChI is InChI=1S/C23H14Cl3FN4O2/c24-17-3-1-4-18(25)23(17)31-12-14(5-8-21(31)32)22(16-7-6-15(27)11-19(16)26)30-33-13-20-28-9-2-10-29-20/h1-12H,13H2/b30-22-. The summed E-state index contributed by atoms with van der Waals surface area (Å²) in [6.45, 7) is -0.0147. The number of halogens is 4.